The Bertz CT molecular complexity index is 1030. The summed E-state index contributed by atoms with van der Waals surface area (Å²) in [6, 6.07) is 11.7. The molecular weight excluding hydrogens is 417 g/mol. The number of carbonyl (C=O) groups excluding carboxylic acids is 1. The summed E-state index contributed by atoms with van der Waals surface area (Å²) < 4.78 is 68.3. The topological polar surface area (TPSA) is 64.1 Å². The highest BCUT2D eigenvalue weighted by Gasteiger charge is 2.35. The van der Waals surface area contributed by atoms with Crippen molar-refractivity contribution in [1.29, 1.82) is 0 Å². The molecule has 0 atom stereocenters. The number of carbonyl (C=O) groups is 1. The van der Waals surface area contributed by atoms with Gasteiger partial charge < -0.3 is 10.1 Å². The number of amides is 1. The number of thioether (sulfide) groups is 1. The lowest BCUT2D eigenvalue weighted by atomic mass is 10.2. The Morgan fingerprint density at radius 2 is 1.76 bits per heavy atom. The van der Waals surface area contributed by atoms with Crippen LogP contribution >= 0.6 is 11.8 Å². The highest BCUT2D eigenvalue weighted by atomic mass is 32.2. The molecule has 0 bridgehead atoms. The van der Waals surface area contributed by atoms with E-state index in [0.717, 1.165) is 11.8 Å². The third kappa shape index (κ3) is 5.31. The van der Waals surface area contributed by atoms with Gasteiger partial charge in [-0.15, -0.1) is 0 Å². The maximum Gasteiger partial charge on any atom is 0.451 e. The van der Waals surface area contributed by atoms with E-state index >= 15 is 0 Å². The third-order valence-electron chi connectivity index (χ3n) is 3.54. The summed E-state index contributed by atoms with van der Waals surface area (Å²) in [5, 5.41) is 2.74. The second-order valence-corrected chi connectivity index (χ2v) is 6.54. The minimum atomic E-state index is -4.74. The molecule has 29 heavy (non-hydrogen) atoms. The van der Waals surface area contributed by atoms with E-state index in [1.54, 1.807) is 12.1 Å². The molecule has 152 valence electrons. The minimum Gasteiger partial charge on any atom is -0.433 e. The molecule has 1 N–H and O–H groups in total. The van der Waals surface area contributed by atoms with Crippen LogP contribution in [0.5, 0.6) is 5.75 Å². The van der Waals surface area contributed by atoms with Crippen molar-refractivity contribution in [3.8, 4) is 5.75 Å². The first-order chi connectivity index (χ1) is 13.7. The number of halogens is 5. The van der Waals surface area contributed by atoms with E-state index in [1.165, 1.54) is 36.4 Å². The van der Waals surface area contributed by atoms with Gasteiger partial charge >= 0.3 is 12.8 Å². The SMILES string of the molecule is O=C(CSc1nc(C(F)(F)F)nc2ccccc12)Nc1ccccc1OC(F)F. The molecule has 2 aromatic carbocycles. The first-order valence-corrected chi connectivity index (χ1v) is 9.03. The average Bonchev–Trinajstić information content (AvgIpc) is 2.66. The molecule has 0 unspecified atom stereocenters. The number of para-hydroxylation sites is 3. The monoisotopic (exact) mass is 429 g/mol. The van der Waals surface area contributed by atoms with Crippen molar-refractivity contribution in [1.82, 2.24) is 9.97 Å². The van der Waals surface area contributed by atoms with E-state index in [1.807, 2.05) is 0 Å². The molecule has 0 aliphatic rings. The normalized spacial score (nSPS) is 11.7. The van der Waals surface area contributed by atoms with Gasteiger partial charge in [0.05, 0.1) is 17.0 Å². The van der Waals surface area contributed by atoms with Crippen LogP contribution in [0, 0.1) is 0 Å². The van der Waals surface area contributed by atoms with Crippen LogP contribution in [0.3, 0.4) is 0 Å². The molecule has 11 heteroatoms. The fourth-order valence-corrected chi connectivity index (χ4v) is 3.19. The Balaban J connectivity index is 1.78. The van der Waals surface area contributed by atoms with Gasteiger partial charge in [0.15, 0.2) is 0 Å². The van der Waals surface area contributed by atoms with E-state index in [-0.39, 0.29) is 27.7 Å². The molecule has 5 nitrogen and oxygen atoms in total. The maximum atomic E-state index is 13.0. The molecule has 3 rings (SSSR count). The van der Waals surface area contributed by atoms with Crippen molar-refractivity contribution in [2.45, 2.75) is 17.8 Å². The van der Waals surface area contributed by atoms with Crippen LogP contribution in [0.2, 0.25) is 0 Å². The van der Waals surface area contributed by atoms with Gasteiger partial charge in [0.2, 0.25) is 11.7 Å². The Morgan fingerprint density at radius 3 is 2.48 bits per heavy atom. The van der Waals surface area contributed by atoms with Gasteiger partial charge in [0.25, 0.3) is 0 Å². The number of hydrogen-bond donors (Lipinski definition) is 1. The second-order valence-electron chi connectivity index (χ2n) is 5.58. The number of nitrogens with one attached hydrogen (secondary N) is 1. The van der Waals surface area contributed by atoms with Gasteiger partial charge in [-0.2, -0.15) is 22.0 Å². The lowest BCUT2D eigenvalue weighted by Gasteiger charge is -2.12. The highest BCUT2D eigenvalue weighted by Crippen LogP contribution is 2.32. The van der Waals surface area contributed by atoms with Crippen molar-refractivity contribution in [3.05, 3.63) is 54.4 Å². The maximum absolute atomic E-state index is 13.0. The molecule has 1 heterocycles. The van der Waals surface area contributed by atoms with Crippen LogP contribution in [-0.4, -0.2) is 28.2 Å². The number of alkyl halides is 5. The van der Waals surface area contributed by atoms with Gasteiger partial charge in [-0.3, -0.25) is 4.79 Å². The predicted octanol–water partition coefficient (Wildman–Crippen LogP) is 4.98. The molecule has 0 saturated carbocycles. The van der Waals surface area contributed by atoms with E-state index in [2.05, 4.69) is 20.0 Å². The first kappa shape index (κ1) is 20.8. The predicted molar refractivity (Wildman–Crippen MR) is 97.0 cm³/mol. The van der Waals surface area contributed by atoms with Crippen LogP contribution in [-0.2, 0) is 11.0 Å². The standard InChI is InChI=1S/C18H12F5N3O2S/c19-17(20)28-13-8-4-3-7-12(13)24-14(27)9-29-15-10-5-1-2-6-11(10)25-16(26-15)18(21,22)23/h1-8,17H,9H2,(H,24,27). The summed E-state index contributed by atoms with van der Waals surface area (Å²) >= 11 is 0.775. The van der Waals surface area contributed by atoms with Gasteiger partial charge in [0.1, 0.15) is 10.8 Å². The lowest BCUT2D eigenvalue weighted by Crippen LogP contribution is -2.16. The molecule has 1 aromatic heterocycles. The minimum absolute atomic E-state index is 0.0157. The summed E-state index contributed by atoms with van der Waals surface area (Å²) in [4.78, 5) is 19.2. The van der Waals surface area contributed by atoms with Crippen LogP contribution in [0.15, 0.2) is 53.6 Å². The van der Waals surface area contributed by atoms with Crippen LogP contribution in [0.4, 0.5) is 27.6 Å². The summed E-state index contributed by atoms with van der Waals surface area (Å²) in [5.74, 6) is -2.47. The molecule has 0 radical (unpaired) electrons. The number of rotatable bonds is 6. The molecule has 1 amide bonds. The summed E-state index contributed by atoms with van der Waals surface area (Å²) in [6.45, 7) is -3.07. The smallest absolute Gasteiger partial charge is 0.433 e. The van der Waals surface area contributed by atoms with Gasteiger partial charge in [-0.1, -0.05) is 42.1 Å². The first-order valence-electron chi connectivity index (χ1n) is 8.04. The van der Waals surface area contributed by atoms with Crippen molar-refractivity contribution in [3.63, 3.8) is 0 Å². The van der Waals surface area contributed by atoms with Crippen LogP contribution in [0.25, 0.3) is 10.9 Å². The molecular formula is C18H12F5N3O2S. The largest absolute Gasteiger partial charge is 0.451 e. The van der Waals surface area contributed by atoms with Crippen LogP contribution < -0.4 is 10.1 Å². The Kier molecular flexibility index (Phi) is 6.16. The Labute approximate surface area is 165 Å². The second kappa shape index (κ2) is 8.60. The molecule has 0 aliphatic heterocycles. The quantitative estimate of drug-likeness (QED) is 0.340. The summed E-state index contributed by atoms with van der Waals surface area (Å²) in [6.07, 6.45) is -4.74. The fourth-order valence-electron chi connectivity index (χ4n) is 2.37. The molecule has 0 saturated heterocycles. The average molecular weight is 429 g/mol. The van der Waals surface area contributed by atoms with Crippen molar-refractivity contribution in [2.24, 2.45) is 0 Å². The van der Waals surface area contributed by atoms with Crippen molar-refractivity contribution < 1.29 is 31.5 Å². The number of nitrogens with zero attached hydrogens (tertiary/aromatic N) is 2. The highest BCUT2D eigenvalue weighted by molar-refractivity contribution is 8.00. The summed E-state index contributed by atoms with van der Waals surface area (Å²) in [5.41, 5.74) is 0.107. The van der Waals surface area contributed by atoms with Gasteiger partial charge in [-0.25, -0.2) is 9.97 Å². The lowest BCUT2D eigenvalue weighted by molar-refractivity contribution is -0.145. The van der Waals surface area contributed by atoms with Crippen molar-refractivity contribution in [2.75, 3.05) is 11.1 Å². The molecule has 0 spiro atoms. The van der Waals surface area contributed by atoms with Gasteiger partial charge in [-0.05, 0) is 18.2 Å². The zero-order valence-electron chi connectivity index (χ0n) is 14.4. The Hall–Kier alpha value is -2.95. The number of aromatic nitrogens is 2. The third-order valence-corrected chi connectivity index (χ3v) is 4.53. The van der Waals surface area contributed by atoms with E-state index in [4.69, 9.17) is 0 Å². The molecule has 0 aliphatic carbocycles. The zero-order valence-corrected chi connectivity index (χ0v) is 15.2. The van der Waals surface area contributed by atoms with E-state index in [0.29, 0.717) is 5.39 Å². The van der Waals surface area contributed by atoms with Gasteiger partial charge in [0, 0.05) is 5.39 Å². The number of anilines is 1. The molecule has 3 aromatic rings. The molecule has 0 fully saturated rings. The van der Waals surface area contributed by atoms with E-state index < -0.39 is 24.5 Å². The Morgan fingerprint density at radius 1 is 1.07 bits per heavy atom. The van der Waals surface area contributed by atoms with Crippen LogP contribution in [0.1, 0.15) is 5.82 Å². The fraction of sp³-hybridized carbons (Fsp3) is 0.167. The van der Waals surface area contributed by atoms with E-state index in [9.17, 15) is 26.7 Å². The number of benzene rings is 2. The number of hydrogen-bond acceptors (Lipinski definition) is 5. The number of ether oxygens (including phenoxy) is 1. The summed E-state index contributed by atoms with van der Waals surface area (Å²) in [7, 11) is 0. The van der Waals surface area contributed by atoms with Crippen molar-refractivity contribution >= 4 is 34.3 Å². The zero-order chi connectivity index (χ0) is 21.0. The number of fused-ring (bicyclic) bond motifs is 1.